The first-order chi connectivity index (χ1) is 8.03. The highest BCUT2D eigenvalue weighted by atomic mass is 31.2. The minimum absolute atomic E-state index is 0.212. The molecule has 0 aliphatic rings. The lowest BCUT2D eigenvalue weighted by Gasteiger charge is -2.22. The van der Waals surface area contributed by atoms with Gasteiger partial charge >= 0.3 is 7.60 Å². The Morgan fingerprint density at radius 1 is 1.24 bits per heavy atom. The molecule has 96 valence electrons. The molecule has 0 saturated carbocycles. The van der Waals surface area contributed by atoms with Gasteiger partial charge in [0.05, 0.1) is 13.2 Å². The zero-order valence-electron chi connectivity index (χ0n) is 10.00. The zero-order valence-corrected chi connectivity index (χ0v) is 10.9. The van der Waals surface area contributed by atoms with Gasteiger partial charge in [0.1, 0.15) is 0 Å². The average molecular weight is 259 g/mol. The lowest BCUT2D eigenvalue weighted by Crippen LogP contribution is -2.06. The van der Waals surface area contributed by atoms with Crippen LogP contribution < -0.4 is 5.73 Å². The third-order valence-corrected chi connectivity index (χ3v) is 4.29. The minimum atomic E-state index is -3.53. The second-order valence-electron chi connectivity index (χ2n) is 3.42. The van der Waals surface area contributed by atoms with Gasteiger partial charge < -0.3 is 19.9 Å². The molecule has 0 aliphatic carbocycles. The van der Waals surface area contributed by atoms with Crippen molar-refractivity contribution in [3.8, 4) is 0 Å². The van der Waals surface area contributed by atoms with Gasteiger partial charge in [0.25, 0.3) is 0 Å². The van der Waals surface area contributed by atoms with E-state index in [9.17, 15) is 9.67 Å². The molecule has 1 aromatic carbocycles. The predicted molar refractivity (Wildman–Crippen MR) is 66.7 cm³/mol. The van der Waals surface area contributed by atoms with E-state index >= 15 is 0 Å². The molecular formula is C11H18NO4P. The lowest BCUT2D eigenvalue weighted by molar-refractivity contribution is 0.150. The van der Waals surface area contributed by atoms with Crippen LogP contribution in [0.2, 0.25) is 0 Å². The largest absolute Gasteiger partial charge is 0.399 e. The standard InChI is InChI=1S/C11H18NO4P/c1-3-15-17(14,16-4-2)11(13)9-5-7-10(12)8-6-9/h5-8,11,13H,3-4,12H2,1-2H3/t11-/m0/s1. The third-order valence-electron chi connectivity index (χ3n) is 2.15. The maximum Gasteiger partial charge on any atom is 0.363 e. The summed E-state index contributed by atoms with van der Waals surface area (Å²) in [5, 5.41) is 10.0. The molecule has 3 N–H and O–H groups in total. The number of hydrogen-bond acceptors (Lipinski definition) is 5. The van der Waals surface area contributed by atoms with Crippen molar-refractivity contribution in [1.29, 1.82) is 0 Å². The number of rotatable bonds is 6. The molecule has 1 rings (SSSR count). The van der Waals surface area contributed by atoms with E-state index in [0.29, 0.717) is 11.3 Å². The minimum Gasteiger partial charge on any atom is -0.399 e. The van der Waals surface area contributed by atoms with Gasteiger partial charge in [-0.3, -0.25) is 4.57 Å². The summed E-state index contributed by atoms with van der Waals surface area (Å²) in [5.41, 5.74) is 6.58. The van der Waals surface area contributed by atoms with Crippen LogP contribution in [-0.4, -0.2) is 18.3 Å². The first kappa shape index (κ1) is 14.2. The normalized spacial score (nSPS) is 13.6. The van der Waals surface area contributed by atoms with Crippen LogP contribution in [0.15, 0.2) is 24.3 Å². The highest BCUT2D eigenvalue weighted by Crippen LogP contribution is 2.59. The first-order valence-corrected chi connectivity index (χ1v) is 7.07. The van der Waals surface area contributed by atoms with Gasteiger partial charge in [0.2, 0.25) is 0 Å². The van der Waals surface area contributed by atoms with Gasteiger partial charge in [-0.2, -0.15) is 0 Å². The van der Waals surface area contributed by atoms with Crippen molar-refractivity contribution in [2.45, 2.75) is 19.7 Å². The average Bonchev–Trinajstić information content (AvgIpc) is 2.30. The van der Waals surface area contributed by atoms with Crippen LogP contribution in [0.1, 0.15) is 25.3 Å². The molecule has 0 aliphatic heterocycles. The van der Waals surface area contributed by atoms with Crippen molar-refractivity contribution in [2.75, 3.05) is 18.9 Å². The Kier molecular flexibility index (Phi) is 5.15. The number of aliphatic hydroxyl groups is 1. The molecule has 0 spiro atoms. The molecule has 0 unspecified atom stereocenters. The number of nitrogen functional groups attached to an aromatic ring is 1. The van der Waals surface area contributed by atoms with Crippen molar-refractivity contribution in [2.24, 2.45) is 0 Å². The van der Waals surface area contributed by atoms with Gasteiger partial charge in [-0.15, -0.1) is 0 Å². The number of nitrogens with two attached hydrogens (primary N) is 1. The van der Waals surface area contributed by atoms with E-state index in [-0.39, 0.29) is 13.2 Å². The highest BCUT2D eigenvalue weighted by Gasteiger charge is 2.35. The van der Waals surface area contributed by atoms with Gasteiger partial charge in [-0.1, -0.05) is 12.1 Å². The van der Waals surface area contributed by atoms with Crippen molar-refractivity contribution in [1.82, 2.24) is 0 Å². The number of hydrogen-bond donors (Lipinski definition) is 2. The number of benzene rings is 1. The Balaban J connectivity index is 2.95. The van der Waals surface area contributed by atoms with Gasteiger partial charge in [-0.25, -0.2) is 0 Å². The molecule has 0 amide bonds. The molecule has 17 heavy (non-hydrogen) atoms. The molecule has 0 fully saturated rings. The van der Waals surface area contributed by atoms with Crippen molar-refractivity contribution >= 4 is 13.3 Å². The molecule has 0 saturated heterocycles. The summed E-state index contributed by atoms with van der Waals surface area (Å²) >= 11 is 0. The highest BCUT2D eigenvalue weighted by molar-refractivity contribution is 7.54. The Labute approximate surface area is 101 Å². The third kappa shape index (κ3) is 3.54. The molecule has 5 nitrogen and oxygen atoms in total. The van der Waals surface area contributed by atoms with Crippen molar-refractivity contribution < 1.29 is 18.7 Å². The molecule has 0 aromatic heterocycles. The predicted octanol–water partition coefficient (Wildman–Crippen LogP) is 2.53. The van der Waals surface area contributed by atoms with E-state index in [1.54, 1.807) is 38.1 Å². The second-order valence-corrected chi connectivity index (χ2v) is 5.50. The zero-order chi connectivity index (χ0) is 12.9. The summed E-state index contributed by atoms with van der Waals surface area (Å²) in [7, 11) is -3.53. The smallest absolute Gasteiger partial charge is 0.363 e. The fourth-order valence-electron chi connectivity index (χ4n) is 1.39. The Hall–Kier alpha value is -0.870. The van der Waals surface area contributed by atoms with Crippen LogP contribution in [-0.2, 0) is 13.6 Å². The Morgan fingerprint density at radius 3 is 2.12 bits per heavy atom. The SMILES string of the molecule is CCOP(=O)(OCC)[C@H](O)c1ccc(N)cc1. The van der Waals surface area contributed by atoms with Crippen LogP contribution in [0.4, 0.5) is 5.69 Å². The van der Waals surface area contributed by atoms with Crippen LogP contribution >= 0.6 is 7.60 Å². The van der Waals surface area contributed by atoms with Gasteiger partial charge in [-0.05, 0) is 31.5 Å². The monoisotopic (exact) mass is 259 g/mol. The van der Waals surface area contributed by atoms with E-state index < -0.39 is 13.4 Å². The maximum atomic E-state index is 12.3. The Morgan fingerprint density at radius 2 is 1.71 bits per heavy atom. The molecule has 0 radical (unpaired) electrons. The van der Waals surface area contributed by atoms with Crippen LogP contribution in [0.25, 0.3) is 0 Å². The number of aliphatic hydroxyl groups excluding tert-OH is 1. The number of anilines is 1. The summed E-state index contributed by atoms with van der Waals surface area (Å²) in [4.78, 5) is 0. The first-order valence-electron chi connectivity index (χ1n) is 5.45. The van der Waals surface area contributed by atoms with E-state index in [0.717, 1.165) is 0 Å². The quantitative estimate of drug-likeness (QED) is 0.606. The van der Waals surface area contributed by atoms with E-state index in [1.165, 1.54) is 0 Å². The second kappa shape index (κ2) is 6.17. The van der Waals surface area contributed by atoms with Gasteiger partial charge in [0, 0.05) is 5.69 Å². The van der Waals surface area contributed by atoms with E-state index in [1.807, 2.05) is 0 Å². The Bertz CT molecular complexity index is 383. The molecule has 1 aromatic rings. The fourth-order valence-corrected chi connectivity index (χ4v) is 3.00. The van der Waals surface area contributed by atoms with E-state index in [4.69, 9.17) is 14.8 Å². The molecular weight excluding hydrogens is 241 g/mol. The fraction of sp³-hybridized carbons (Fsp3) is 0.455. The summed E-state index contributed by atoms with van der Waals surface area (Å²) in [6, 6.07) is 6.46. The van der Waals surface area contributed by atoms with Crippen LogP contribution in [0, 0.1) is 0 Å². The summed E-state index contributed by atoms with van der Waals surface area (Å²) in [6.07, 6.45) is 0. The van der Waals surface area contributed by atoms with Crippen molar-refractivity contribution in [3.63, 3.8) is 0 Å². The lowest BCUT2D eigenvalue weighted by atomic mass is 10.2. The van der Waals surface area contributed by atoms with E-state index in [2.05, 4.69) is 0 Å². The summed E-state index contributed by atoms with van der Waals surface area (Å²) in [6.45, 7) is 3.81. The summed E-state index contributed by atoms with van der Waals surface area (Å²) in [5.74, 6) is -1.29. The van der Waals surface area contributed by atoms with Crippen LogP contribution in [0.3, 0.4) is 0 Å². The van der Waals surface area contributed by atoms with Crippen molar-refractivity contribution in [3.05, 3.63) is 29.8 Å². The molecule has 0 bridgehead atoms. The topological polar surface area (TPSA) is 81.8 Å². The maximum absolute atomic E-state index is 12.3. The molecule has 6 heteroatoms. The molecule has 1 atom stereocenters. The summed E-state index contributed by atoms with van der Waals surface area (Å²) < 4.78 is 22.4. The van der Waals surface area contributed by atoms with Crippen LogP contribution in [0.5, 0.6) is 0 Å². The molecule has 0 heterocycles. The van der Waals surface area contributed by atoms with Gasteiger partial charge in [0.15, 0.2) is 5.85 Å².